The zero-order chi connectivity index (χ0) is 18.1. The van der Waals surface area contributed by atoms with Crippen LogP contribution in [0, 0.1) is 0 Å². The summed E-state index contributed by atoms with van der Waals surface area (Å²) in [6, 6.07) is 0.902. The van der Waals surface area contributed by atoms with Crippen molar-refractivity contribution in [3.8, 4) is 0 Å². The summed E-state index contributed by atoms with van der Waals surface area (Å²) in [4.78, 5) is 30.6. The monoisotopic (exact) mass is 359 g/mol. The Bertz CT molecular complexity index is 626. The van der Waals surface area contributed by atoms with Gasteiger partial charge in [0.2, 0.25) is 5.91 Å². The van der Waals surface area contributed by atoms with Crippen LogP contribution in [0.3, 0.4) is 0 Å². The number of ether oxygens (including phenoxy) is 1. The first-order valence-corrected chi connectivity index (χ1v) is 9.95. The first-order valence-electron chi connectivity index (χ1n) is 9.95. The summed E-state index contributed by atoms with van der Waals surface area (Å²) < 4.78 is 4.82. The molecule has 0 N–H and O–H groups in total. The van der Waals surface area contributed by atoms with Gasteiger partial charge >= 0.3 is 6.09 Å². The Hall–Kier alpha value is -1.82. The Morgan fingerprint density at radius 1 is 1.08 bits per heavy atom. The van der Waals surface area contributed by atoms with Gasteiger partial charge in [0.1, 0.15) is 0 Å². The van der Waals surface area contributed by atoms with Gasteiger partial charge in [0.25, 0.3) is 0 Å². The molecule has 2 amide bonds. The third-order valence-electron chi connectivity index (χ3n) is 6.42. The maximum atomic E-state index is 12.5. The fourth-order valence-electron chi connectivity index (χ4n) is 4.98. The number of rotatable bonds is 2. The summed E-state index contributed by atoms with van der Waals surface area (Å²) in [7, 11) is 1.45. The second kappa shape index (κ2) is 7.43. The van der Waals surface area contributed by atoms with E-state index in [0.29, 0.717) is 24.4 Å². The molecule has 2 saturated heterocycles. The molecule has 0 unspecified atom stereocenters. The summed E-state index contributed by atoms with van der Waals surface area (Å²) in [6.45, 7) is 3.65. The highest BCUT2D eigenvalue weighted by Crippen LogP contribution is 2.36. The third-order valence-corrected chi connectivity index (χ3v) is 6.42. The molecule has 26 heavy (non-hydrogen) atoms. The van der Waals surface area contributed by atoms with Gasteiger partial charge in [0.05, 0.1) is 13.5 Å². The van der Waals surface area contributed by atoms with E-state index >= 15 is 0 Å². The van der Waals surface area contributed by atoms with E-state index in [2.05, 4.69) is 22.0 Å². The van der Waals surface area contributed by atoms with Crippen LogP contribution in [-0.4, -0.2) is 72.1 Å². The lowest BCUT2D eigenvalue weighted by molar-refractivity contribution is -0.129. The molecule has 4 aliphatic rings. The molecule has 0 saturated carbocycles. The Balaban J connectivity index is 1.31. The fourth-order valence-corrected chi connectivity index (χ4v) is 4.98. The smallest absolute Gasteiger partial charge is 0.409 e. The molecule has 6 heteroatoms. The van der Waals surface area contributed by atoms with E-state index in [-0.39, 0.29) is 6.09 Å². The van der Waals surface area contributed by atoms with Crippen LogP contribution in [0.2, 0.25) is 0 Å². The Kier molecular flexibility index (Phi) is 5.02. The van der Waals surface area contributed by atoms with Crippen LogP contribution in [0.5, 0.6) is 0 Å². The molecule has 0 bridgehead atoms. The Labute approximate surface area is 155 Å². The first-order chi connectivity index (χ1) is 12.7. The first kappa shape index (κ1) is 17.6. The van der Waals surface area contributed by atoms with Crippen molar-refractivity contribution in [2.24, 2.45) is 0 Å². The van der Waals surface area contributed by atoms with E-state index in [1.165, 1.54) is 18.4 Å². The lowest BCUT2D eigenvalue weighted by atomic mass is 9.96. The van der Waals surface area contributed by atoms with Crippen molar-refractivity contribution in [3.05, 3.63) is 23.4 Å². The van der Waals surface area contributed by atoms with Crippen molar-refractivity contribution in [1.82, 2.24) is 14.7 Å². The second-order valence-corrected chi connectivity index (χ2v) is 7.83. The fraction of sp³-hybridized carbons (Fsp3) is 0.700. The van der Waals surface area contributed by atoms with Crippen molar-refractivity contribution in [2.45, 2.75) is 57.0 Å². The number of amides is 2. The van der Waals surface area contributed by atoms with E-state index in [0.717, 1.165) is 64.7 Å². The quantitative estimate of drug-likeness (QED) is 0.760. The van der Waals surface area contributed by atoms with Gasteiger partial charge in [-0.15, -0.1) is 0 Å². The van der Waals surface area contributed by atoms with Crippen molar-refractivity contribution in [1.29, 1.82) is 0 Å². The van der Waals surface area contributed by atoms with Gasteiger partial charge in [-0.1, -0.05) is 6.08 Å². The minimum atomic E-state index is -0.209. The lowest BCUT2D eigenvalue weighted by Gasteiger charge is -2.43. The van der Waals surface area contributed by atoms with E-state index < -0.39 is 0 Å². The van der Waals surface area contributed by atoms with Crippen molar-refractivity contribution >= 4 is 12.0 Å². The molecule has 2 fully saturated rings. The zero-order valence-corrected chi connectivity index (χ0v) is 15.7. The Morgan fingerprint density at radius 3 is 2.46 bits per heavy atom. The van der Waals surface area contributed by atoms with Crippen LogP contribution in [-0.2, 0) is 9.53 Å². The minimum absolute atomic E-state index is 0.209. The van der Waals surface area contributed by atoms with E-state index in [1.807, 2.05) is 0 Å². The number of nitrogens with zero attached hydrogens (tertiary/aromatic N) is 3. The predicted molar refractivity (Wildman–Crippen MR) is 98.5 cm³/mol. The molecule has 0 radical (unpaired) electrons. The molecule has 0 atom stereocenters. The number of carbonyl (C=O) groups excluding carboxylic acids is 2. The van der Waals surface area contributed by atoms with Crippen LogP contribution in [0.25, 0.3) is 0 Å². The third kappa shape index (κ3) is 3.27. The van der Waals surface area contributed by atoms with E-state index in [9.17, 15) is 9.59 Å². The number of carbonyl (C=O) groups is 2. The zero-order valence-electron chi connectivity index (χ0n) is 15.7. The number of hydrogen-bond donors (Lipinski definition) is 0. The Morgan fingerprint density at radius 2 is 1.77 bits per heavy atom. The van der Waals surface area contributed by atoms with Gasteiger partial charge in [-0.05, 0) is 50.2 Å². The van der Waals surface area contributed by atoms with Gasteiger partial charge in [-0.2, -0.15) is 0 Å². The van der Waals surface area contributed by atoms with Gasteiger partial charge in [0.15, 0.2) is 0 Å². The number of allylic oxidation sites excluding steroid dienone is 2. The SMILES string of the molecule is COC(=O)N1CCC(N2CCC(N3C(=O)CC4=C3C=CCC4)CC2)CC1. The summed E-state index contributed by atoms with van der Waals surface area (Å²) in [6.07, 6.45) is 11.0. The highest BCUT2D eigenvalue weighted by Gasteiger charge is 2.37. The van der Waals surface area contributed by atoms with Crippen molar-refractivity contribution in [2.75, 3.05) is 33.3 Å². The van der Waals surface area contributed by atoms with Crippen molar-refractivity contribution in [3.63, 3.8) is 0 Å². The standard InChI is InChI=1S/C20H29N3O3/c1-26-20(25)22-12-6-16(7-13-22)21-10-8-17(9-11-21)23-18-5-3-2-4-15(18)14-19(23)24/h3,5,16-17H,2,4,6-14H2,1H3. The molecule has 0 spiro atoms. The molecular formula is C20H29N3O3. The minimum Gasteiger partial charge on any atom is -0.453 e. The van der Waals surface area contributed by atoms with Gasteiger partial charge in [-0.3, -0.25) is 4.79 Å². The molecule has 142 valence electrons. The maximum absolute atomic E-state index is 12.5. The molecule has 0 aromatic rings. The van der Waals surface area contributed by atoms with Crippen LogP contribution in [0.4, 0.5) is 4.79 Å². The highest BCUT2D eigenvalue weighted by molar-refractivity contribution is 5.85. The number of hydrogen-bond acceptors (Lipinski definition) is 4. The van der Waals surface area contributed by atoms with Crippen molar-refractivity contribution < 1.29 is 14.3 Å². The number of likely N-dealkylation sites (tertiary alicyclic amines) is 2. The molecule has 1 aliphatic carbocycles. The van der Waals surface area contributed by atoms with E-state index in [1.54, 1.807) is 4.90 Å². The van der Waals surface area contributed by atoms with Crippen LogP contribution in [0.1, 0.15) is 44.9 Å². The van der Waals surface area contributed by atoms with Gasteiger partial charge in [0, 0.05) is 44.0 Å². The lowest BCUT2D eigenvalue weighted by Crippen LogP contribution is -2.51. The number of methoxy groups -OCH3 is 1. The summed E-state index contributed by atoms with van der Waals surface area (Å²) in [5, 5.41) is 0. The van der Waals surface area contributed by atoms with Gasteiger partial charge in [-0.25, -0.2) is 4.79 Å². The average molecular weight is 359 g/mol. The largest absolute Gasteiger partial charge is 0.453 e. The molecule has 4 rings (SSSR count). The van der Waals surface area contributed by atoms with Crippen LogP contribution < -0.4 is 0 Å². The maximum Gasteiger partial charge on any atom is 0.409 e. The second-order valence-electron chi connectivity index (χ2n) is 7.83. The molecule has 6 nitrogen and oxygen atoms in total. The van der Waals surface area contributed by atoms with E-state index in [4.69, 9.17) is 4.74 Å². The summed E-state index contributed by atoms with van der Waals surface area (Å²) in [5.41, 5.74) is 2.54. The molecule has 0 aromatic carbocycles. The summed E-state index contributed by atoms with van der Waals surface area (Å²) in [5.74, 6) is 0.298. The molecule has 0 aromatic heterocycles. The molecule has 3 heterocycles. The molecule has 3 aliphatic heterocycles. The topological polar surface area (TPSA) is 53.1 Å². The van der Waals surface area contributed by atoms with Crippen LogP contribution >= 0.6 is 0 Å². The predicted octanol–water partition coefficient (Wildman–Crippen LogP) is 2.52. The summed E-state index contributed by atoms with van der Waals surface area (Å²) >= 11 is 0. The average Bonchev–Trinajstić information content (AvgIpc) is 3.03. The normalized spacial score (nSPS) is 25.8. The number of piperidine rings is 2. The van der Waals surface area contributed by atoms with Gasteiger partial charge < -0.3 is 19.4 Å². The molecular weight excluding hydrogens is 330 g/mol. The van der Waals surface area contributed by atoms with Crippen LogP contribution in [0.15, 0.2) is 23.4 Å². The highest BCUT2D eigenvalue weighted by atomic mass is 16.5.